The fourth-order valence-electron chi connectivity index (χ4n) is 3.11. The van der Waals surface area contributed by atoms with Crippen molar-refractivity contribution >= 4 is 17.0 Å². The Morgan fingerprint density at radius 2 is 1.88 bits per heavy atom. The standard InChI is InChI=1S/C20H23N3O2/c1-3-22(4-2)13-15-8-7-9-16(12-15)20-21-17-10-5-6-11-18(17)23(20)14-19(24)25/h5-12H,3-4,13-14H2,1-2H3,(H,24,25). The lowest BCUT2D eigenvalue weighted by atomic mass is 10.1. The Morgan fingerprint density at radius 1 is 1.12 bits per heavy atom. The Labute approximate surface area is 147 Å². The Morgan fingerprint density at radius 3 is 2.60 bits per heavy atom. The zero-order valence-corrected chi connectivity index (χ0v) is 14.6. The molecule has 25 heavy (non-hydrogen) atoms. The molecule has 0 spiro atoms. The van der Waals surface area contributed by atoms with E-state index in [1.165, 1.54) is 5.56 Å². The van der Waals surface area contributed by atoms with Crippen LogP contribution in [0.1, 0.15) is 19.4 Å². The summed E-state index contributed by atoms with van der Waals surface area (Å²) in [6.45, 7) is 7.08. The molecular formula is C20H23N3O2. The van der Waals surface area contributed by atoms with Crippen LogP contribution in [0.2, 0.25) is 0 Å². The van der Waals surface area contributed by atoms with E-state index in [2.05, 4.69) is 35.9 Å². The number of hydrogen-bond donors (Lipinski definition) is 1. The lowest BCUT2D eigenvalue weighted by molar-refractivity contribution is -0.137. The van der Waals surface area contributed by atoms with Gasteiger partial charge in [-0.15, -0.1) is 0 Å². The first-order chi connectivity index (χ1) is 12.1. The van der Waals surface area contributed by atoms with E-state index in [-0.39, 0.29) is 6.54 Å². The van der Waals surface area contributed by atoms with Crippen LogP contribution in [0, 0.1) is 0 Å². The average Bonchev–Trinajstić information content (AvgIpc) is 2.98. The molecule has 0 bridgehead atoms. The summed E-state index contributed by atoms with van der Waals surface area (Å²) in [5.74, 6) is -0.173. The Kier molecular flexibility index (Phi) is 5.14. The summed E-state index contributed by atoms with van der Waals surface area (Å²) in [5, 5.41) is 9.30. The van der Waals surface area contributed by atoms with E-state index in [0.717, 1.165) is 36.2 Å². The van der Waals surface area contributed by atoms with Crippen LogP contribution in [0.15, 0.2) is 48.5 Å². The zero-order valence-electron chi connectivity index (χ0n) is 14.6. The number of fused-ring (bicyclic) bond motifs is 1. The fraction of sp³-hybridized carbons (Fsp3) is 0.300. The van der Waals surface area contributed by atoms with Gasteiger partial charge in [-0.1, -0.05) is 44.2 Å². The molecule has 0 saturated carbocycles. The van der Waals surface area contributed by atoms with Crippen molar-refractivity contribution in [2.45, 2.75) is 26.9 Å². The maximum absolute atomic E-state index is 11.3. The lowest BCUT2D eigenvalue weighted by Gasteiger charge is -2.18. The number of rotatable bonds is 7. The van der Waals surface area contributed by atoms with Gasteiger partial charge in [0.05, 0.1) is 11.0 Å². The highest BCUT2D eigenvalue weighted by atomic mass is 16.4. The minimum absolute atomic E-state index is 0.101. The number of carboxylic acid groups (broad SMARTS) is 1. The molecule has 5 heteroatoms. The third-order valence-electron chi connectivity index (χ3n) is 4.43. The van der Waals surface area contributed by atoms with Crippen molar-refractivity contribution < 1.29 is 9.90 Å². The summed E-state index contributed by atoms with van der Waals surface area (Å²) < 4.78 is 1.77. The number of imidazole rings is 1. The van der Waals surface area contributed by atoms with E-state index in [1.54, 1.807) is 4.57 Å². The fourth-order valence-corrected chi connectivity index (χ4v) is 3.11. The van der Waals surface area contributed by atoms with Crippen molar-refractivity contribution in [2.75, 3.05) is 13.1 Å². The van der Waals surface area contributed by atoms with Gasteiger partial charge in [0.2, 0.25) is 0 Å². The first kappa shape index (κ1) is 17.2. The molecule has 2 aromatic carbocycles. The van der Waals surface area contributed by atoms with Crippen LogP contribution in [0.25, 0.3) is 22.4 Å². The van der Waals surface area contributed by atoms with Gasteiger partial charge in [-0.2, -0.15) is 0 Å². The number of carbonyl (C=O) groups is 1. The minimum atomic E-state index is -0.872. The Bertz CT molecular complexity index is 882. The Hall–Kier alpha value is -2.66. The maximum Gasteiger partial charge on any atom is 0.323 e. The van der Waals surface area contributed by atoms with Crippen LogP contribution in [-0.4, -0.2) is 38.6 Å². The van der Waals surface area contributed by atoms with E-state index in [1.807, 2.05) is 36.4 Å². The number of aromatic nitrogens is 2. The van der Waals surface area contributed by atoms with E-state index < -0.39 is 5.97 Å². The summed E-state index contributed by atoms with van der Waals surface area (Å²) in [5.41, 5.74) is 3.80. The number of para-hydroxylation sites is 2. The number of carboxylic acids is 1. The van der Waals surface area contributed by atoms with Gasteiger partial charge >= 0.3 is 5.97 Å². The lowest BCUT2D eigenvalue weighted by Crippen LogP contribution is -2.22. The molecule has 0 saturated heterocycles. The molecule has 5 nitrogen and oxygen atoms in total. The molecule has 0 atom stereocenters. The second-order valence-electron chi connectivity index (χ2n) is 6.07. The zero-order chi connectivity index (χ0) is 17.8. The minimum Gasteiger partial charge on any atom is -0.480 e. The highest BCUT2D eigenvalue weighted by Crippen LogP contribution is 2.25. The van der Waals surface area contributed by atoms with Gasteiger partial charge in [0, 0.05) is 12.1 Å². The molecule has 0 aliphatic rings. The van der Waals surface area contributed by atoms with E-state index in [0.29, 0.717) is 5.82 Å². The molecule has 0 fully saturated rings. The predicted molar refractivity (Wildman–Crippen MR) is 99.4 cm³/mol. The van der Waals surface area contributed by atoms with Gasteiger partial charge < -0.3 is 9.67 Å². The van der Waals surface area contributed by atoms with Crippen molar-refractivity contribution in [3.63, 3.8) is 0 Å². The average molecular weight is 337 g/mol. The predicted octanol–water partition coefficient (Wildman–Crippen LogP) is 3.63. The molecule has 130 valence electrons. The van der Waals surface area contributed by atoms with Crippen molar-refractivity contribution in [3.8, 4) is 11.4 Å². The largest absolute Gasteiger partial charge is 0.480 e. The third-order valence-corrected chi connectivity index (χ3v) is 4.43. The molecule has 1 aromatic heterocycles. The van der Waals surface area contributed by atoms with Gasteiger partial charge in [0.25, 0.3) is 0 Å². The van der Waals surface area contributed by atoms with Crippen molar-refractivity contribution in [2.24, 2.45) is 0 Å². The van der Waals surface area contributed by atoms with Crippen molar-refractivity contribution in [1.29, 1.82) is 0 Å². The molecule has 3 rings (SSSR count). The molecule has 0 radical (unpaired) electrons. The van der Waals surface area contributed by atoms with E-state index in [4.69, 9.17) is 0 Å². The molecular weight excluding hydrogens is 314 g/mol. The summed E-state index contributed by atoms with van der Waals surface area (Å²) >= 11 is 0. The normalized spacial score (nSPS) is 11.3. The molecule has 1 N–H and O–H groups in total. The third kappa shape index (κ3) is 3.72. The quantitative estimate of drug-likeness (QED) is 0.715. The van der Waals surface area contributed by atoms with Crippen molar-refractivity contribution in [1.82, 2.24) is 14.5 Å². The van der Waals surface area contributed by atoms with Crippen LogP contribution in [-0.2, 0) is 17.9 Å². The second kappa shape index (κ2) is 7.49. The summed E-state index contributed by atoms with van der Waals surface area (Å²) in [6, 6.07) is 15.9. The highest BCUT2D eigenvalue weighted by Gasteiger charge is 2.15. The van der Waals surface area contributed by atoms with Crippen molar-refractivity contribution in [3.05, 3.63) is 54.1 Å². The maximum atomic E-state index is 11.3. The first-order valence-electron chi connectivity index (χ1n) is 8.61. The van der Waals surface area contributed by atoms with Gasteiger partial charge in [0.15, 0.2) is 0 Å². The topological polar surface area (TPSA) is 58.4 Å². The van der Waals surface area contributed by atoms with Crippen LogP contribution in [0.3, 0.4) is 0 Å². The van der Waals surface area contributed by atoms with Crippen LogP contribution < -0.4 is 0 Å². The molecule has 0 aliphatic carbocycles. The van der Waals surface area contributed by atoms with Gasteiger partial charge in [-0.05, 0) is 36.9 Å². The number of nitrogens with zero attached hydrogens (tertiary/aromatic N) is 3. The highest BCUT2D eigenvalue weighted by molar-refractivity contribution is 5.82. The number of aliphatic carboxylic acids is 1. The van der Waals surface area contributed by atoms with Gasteiger partial charge in [-0.25, -0.2) is 4.98 Å². The SMILES string of the molecule is CCN(CC)Cc1cccc(-c2nc3ccccc3n2CC(=O)O)c1. The van der Waals surface area contributed by atoms with Crippen LogP contribution in [0.5, 0.6) is 0 Å². The van der Waals surface area contributed by atoms with E-state index in [9.17, 15) is 9.90 Å². The molecule has 0 unspecified atom stereocenters. The summed E-state index contributed by atoms with van der Waals surface area (Å²) in [4.78, 5) is 18.4. The molecule has 1 heterocycles. The summed E-state index contributed by atoms with van der Waals surface area (Å²) in [6.07, 6.45) is 0. The van der Waals surface area contributed by atoms with Gasteiger partial charge in [-0.3, -0.25) is 9.69 Å². The molecule has 0 aliphatic heterocycles. The smallest absolute Gasteiger partial charge is 0.323 e. The Balaban J connectivity index is 2.05. The second-order valence-corrected chi connectivity index (χ2v) is 6.07. The monoisotopic (exact) mass is 337 g/mol. The number of hydrogen-bond acceptors (Lipinski definition) is 3. The van der Waals surface area contributed by atoms with E-state index >= 15 is 0 Å². The summed E-state index contributed by atoms with van der Waals surface area (Å²) in [7, 11) is 0. The molecule has 3 aromatic rings. The van der Waals surface area contributed by atoms with Crippen LogP contribution >= 0.6 is 0 Å². The number of benzene rings is 2. The van der Waals surface area contributed by atoms with Crippen LogP contribution in [0.4, 0.5) is 0 Å². The molecule has 0 amide bonds. The first-order valence-corrected chi connectivity index (χ1v) is 8.61. The van der Waals surface area contributed by atoms with Gasteiger partial charge in [0.1, 0.15) is 12.4 Å².